The third kappa shape index (κ3) is 4.41. The zero-order valence-corrected chi connectivity index (χ0v) is 14.9. The Labute approximate surface area is 157 Å². The Morgan fingerprint density at radius 2 is 2.07 bits per heavy atom. The lowest BCUT2D eigenvalue weighted by Crippen LogP contribution is -2.33. The highest BCUT2D eigenvalue weighted by Crippen LogP contribution is 2.29. The van der Waals surface area contributed by atoms with Crippen molar-refractivity contribution in [1.82, 2.24) is 5.32 Å². The van der Waals surface area contributed by atoms with Crippen molar-refractivity contribution in [1.29, 1.82) is 0 Å². The summed E-state index contributed by atoms with van der Waals surface area (Å²) in [6.45, 7) is 1.61. The van der Waals surface area contributed by atoms with Gasteiger partial charge in [-0.3, -0.25) is 9.59 Å². The van der Waals surface area contributed by atoms with Crippen molar-refractivity contribution in [3.8, 4) is 0 Å². The Bertz CT molecular complexity index is 878. The molecule has 1 amide bonds. The summed E-state index contributed by atoms with van der Waals surface area (Å²) in [5, 5.41) is 2.49. The largest absolute Gasteiger partial charge is 0.461 e. The van der Waals surface area contributed by atoms with E-state index >= 15 is 0 Å². The summed E-state index contributed by atoms with van der Waals surface area (Å²) in [6.07, 6.45) is -3.10. The average Bonchev–Trinajstić information content (AvgIpc) is 3.32. The molecule has 0 fully saturated rings. The maximum absolute atomic E-state index is 12.6. The van der Waals surface area contributed by atoms with Gasteiger partial charge in [0, 0.05) is 11.3 Å². The molecule has 142 valence electrons. The van der Waals surface area contributed by atoms with E-state index in [1.165, 1.54) is 6.26 Å². The molecule has 5 nitrogen and oxygen atoms in total. The van der Waals surface area contributed by atoms with Crippen LogP contribution in [0.15, 0.2) is 52.1 Å². The fourth-order valence-electron chi connectivity index (χ4n) is 2.50. The van der Waals surface area contributed by atoms with Crippen molar-refractivity contribution in [3.63, 3.8) is 0 Å². The van der Waals surface area contributed by atoms with Crippen LogP contribution in [0, 0.1) is 0 Å². The van der Waals surface area contributed by atoms with Crippen LogP contribution in [0.4, 0.5) is 13.2 Å². The van der Waals surface area contributed by atoms with Gasteiger partial charge >= 0.3 is 6.18 Å². The van der Waals surface area contributed by atoms with Crippen molar-refractivity contribution in [3.05, 3.63) is 59.5 Å². The minimum absolute atomic E-state index is 0.181. The maximum atomic E-state index is 12.6. The van der Waals surface area contributed by atoms with Gasteiger partial charge in [0.2, 0.25) is 11.7 Å². The molecule has 1 N–H and O–H groups in total. The molecule has 1 aliphatic rings. The number of alkyl halides is 3. The van der Waals surface area contributed by atoms with Crippen molar-refractivity contribution >= 4 is 29.2 Å². The molecule has 9 heteroatoms. The number of carbonyl (C=O) groups is 2. The van der Waals surface area contributed by atoms with Gasteiger partial charge in [-0.25, -0.2) is 4.99 Å². The monoisotopic (exact) mass is 396 g/mol. The van der Waals surface area contributed by atoms with E-state index in [1.807, 2.05) is 0 Å². The quantitative estimate of drug-likeness (QED) is 0.781. The van der Waals surface area contributed by atoms with E-state index in [4.69, 9.17) is 4.42 Å². The first kappa shape index (κ1) is 19.2. The number of hydrogen-bond donors (Lipinski definition) is 1. The molecule has 1 aromatic heterocycles. The minimum Gasteiger partial charge on any atom is -0.461 e. The summed E-state index contributed by atoms with van der Waals surface area (Å²) in [7, 11) is 0. The second-order valence-electron chi connectivity index (χ2n) is 5.90. The molecular weight excluding hydrogens is 381 g/mol. The van der Waals surface area contributed by atoms with Crippen molar-refractivity contribution in [2.24, 2.45) is 4.99 Å². The molecule has 2 aromatic rings. The van der Waals surface area contributed by atoms with Gasteiger partial charge in [0.25, 0.3) is 0 Å². The number of nitrogens with zero attached hydrogens (tertiary/aromatic N) is 1. The number of halogens is 3. The van der Waals surface area contributed by atoms with E-state index < -0.39 is 29.2 Å². The van der Waals surface area contributed by atoms with Crippen LogP contribution in [-0.2, 0) is 4.79 Å². The van der Waals surface area contributed by atoms with E-state index in [2.05, 4.69) is 10.3 Å². The minimum atomic E-state index is -4.49. The molecule has 0 saturated heterocycles. The topological polar surface area (TPSA) is 71.7 Å². The number of carbonyl (C=O) groups excluding carboxylic acids is 2. The number of amides is 1. The number of hydrogen-bond acceptors (Lipinski definition) is 5. The molecule has 1 unspecified atom stereocenters. The first-order valence-electron chi connectivity index (χ1n) is 7.99. The number of benzene rings is 1. The zero-order valence-electron chi connectivity index (χ0n) is 14.1. The highest BCUT2D eigenvalue weighted by Gasteiger charge is 2.39. The summed E-state index contributed by atoms with van der Waals surface area (Å²) in [5.41, 5.74) is -0.941. The standard InChI is InChI=1S/C18H15F3N2O3S/c1-10(16(25)23-17-22-14(9-27-17)18(19,20)21)11-4-2-5-12(8-11)15(24)13-6-3-7-26-13/h2-8,10,17H,9H2,1H3,(H,23,25)/t10?,17-/m1/s1. The molecule has 0 saturated carbocycles. The van der Waals surface area contributed by atoms with Crippen LogP contribution < -0.4 is 5.32 Å². The molecule has 0 bridgehead atoms. The van der Waals surface area contributed by atoms with Crippen LogP contribution in [0.1, 0.15) is 34.5 Å². The Kier molecular flexibility index (Phi) is 5.41. The first-order valence-corrected chi connectivity index (χ1v) is 9.04. The van der Waals surface area contributed by atoms with Gasteiger partial charge in [0.15, 0.2) is 11.3 Å². The average molecular weight is 396 g/mol. The molecule has 1 aromatic carbocycles. The Morgan fingerprint density at radius 1 is 1.30 bits per heavy atom. The van der Waals surface area contributed by atoms with Gasteiger partial charge in [-0.2, -0.15) is 13.2 Å². The molecule has 27 heavy (non-hydrogen) atoms. The molecule has 2 atom stereocenters. The number of aliphatic imine (C=N–C) groups is 1. The van der Waals surface area contributed by atoms with Crippen LogP contribution in [0.3, 0.4) is 0 Å². The SMILES string of the molecule is CC(C(=O)N[C@H]1N=C(C(F)(F)F)CS1)c1cccc(C(=O)c2ccco2)c1. The van der Waals surface area contributed by atoms with E-state index in [0.717, 1.165) is 11.8 Å². The lowest BCUT2D eigenvalue weighted by Gasteiger charge is -2.15. The predicted octanol–water partition coefficient (Wildman–Crippen LogP) is 3.76. The molecule has 1 aliphatic heterocycles. The zero-order chi connectivity index (χ0) is 19.6. The molecule has 0 radical (unpaired) electrons. The number of thioether (sulfide) groups is 1. The normalized spacial score (nSPS) is 18.1. The Balaban J connectivity index is 1.70. The molecule has 3 rings (SSSR count). The molecular formula is C18H15F3N2O3S. The fraction of sp³-hybridized carbons (Fsp3) is 0.278. The van der Waals surface area contributed by atoms with Gasteiger partial charge in [-0.05, 0) is 30.7 Å². The number of nitrogens with one attached hydrogen (secondary N) is 1. The third-order valence-corrected chi connectivity index (χ3v) is 5.01. The van der Waals surface area contributed by atoms with Gasteiger partial charge in [0.1, 0.15) is 5.71 Å². The molecule has 0 aliphatic carbocycles. The van der Waals surface area contributed by atoms with Crippen LogP contribution in [0.5, 0.6) is 0 Å². The number of furan rings is 1. The van der Waals surface area contributed by atoms with Gasteiger partial charge in [-0.1, -0.05) is 18.2 Å². The lowest BCUT2D eigenvalue weighted by atomic mass is 9.96. The summed E-state index contributed by atoms with van der Waals surface area (Å²) in [4.78, 5) is 28.2. The van der Waals surface area contributed by atoms with Crippen molar-refractivity contribution in [2.75, 3.05) is 5.75 Å². The van der Waals surface area contributed by atoms with Gasteiger partial charge in [0.05, 0.1) is 12.2 Å². The van der Waals surface area contributed by atoms with Crippen molar-refractivity contribution < 1.29 is 27.2 Å². The summed E-state index contributed by atoms with van der Waals surface area (Å²) >= 11 is 0.902. The number of rotatable bonds is 5. The Morgan fingerprint density at radius 3 is 2.70 bits per heavy atom. The lowest BCUT2D eigenvalue weighted by molar-refractivity contribution is -0.122. The van der Waals surface area contributed by atoms with Crippen molar-refractivity contribution in [2.45, 2.75) is 24.5 Å². The first-order chi connectivity index (χ1) is 12.8. The smallest absolute Gasteiger partial charge is 0.430 e. The summed E-state index contributed by atoms with van der Waals surface area (Å²) in [6, 6.07) is 9.63. The van der Waals surface area contributed by atoms with Crippen LogP contribution in [0.25, 0.3) is 0 Å². The fourth-order valence-corrected chi connectivity index (χ4v) is 3.46. The Hall–Kier alpha value is -2.55. The number of ketones is 1. The third-order valence-electron chi connectivity index (χ3n) is 4.03. The summed E-state index contributed by atoms with van der Waals surface area (Å²) in [5.74, 6) is -1.57. The van der Waals surface area contributed by atoms with E-state index in [0.29, 0.717) is 11.1 Å². The van der Waals surface area contributed by atoms with Crippen LogP contribution >= 0.6 is 11.8 Å². The molecule has 2 heterocycles. The van der Waals surface area contributed by atoms with Gasteiger partial charge in [-0.15, -0.1) is 11.8 Å². The highest BCUT2D eigenvalue weighted by atomic mass is 32.2. The predicted molar refractivity (Wildman–Crippen MR) is 94.9 cm³/mol. The van der Waals surface area contributed by atoms with Crippen LogP contribution in [0.2, 0.25) is 0 Å². The van der Waals surface area contributed by atoms with E-state index in [1.54, 1.807) is 43.3 Å². The second-order valence-corrected chi connectivity index (χ2v) is 6.97. The van der Waals surface area contributed by atoms with Crippen LogP contribution in [-0.4, -0.2) is 34.8 Å². The van der Waals surface area contributed by atoms with Gasteiger partial charge < -0.3 is 9.73 Å². The maximum Gasteiger partial charge on any atom is 0.430 e. The summed E-state index contributed by atoms with van der Waals surface area (Å²) < 4.78 is 43.0. The van der Waals surface area contributed by atoms with E-state index in [9.17, 15) is 22.8 Å². The second kappa shape index (κ2) is 7.59. The molecule has 0 spiro atoms. The van der Waals surface area contributed by atoms with E-state index in [-0.39, 0.29) is 17.3 Å². The highest BCUT2D eigenvalue weighted by molar-refractivity contribution is 8.00.